The quantitative estimate of drug-likeness (QED) is 0.515. The van der Waals surface area contributed by atoms with E-state index in [2.05, 4.69) is 15.0 Å². The Bertz CT molecular complexity index is 423. The normalized spacial score (nSPS) is 16.2. The third-order valence-corrected chi connectivity index (χ3v) is 2.51. The molecule has 0 aliphatic carbocycles. The van der Waals surface area contributed by atoms with Gasteiger partial charge in [-0.2, -0.15) is 4.98 Å². The first kappa shape index (κ1) is 10.0. The lowest BCUT2D eigenvalue weighted by Crippen LogP contribution is -2.26. The van der Waals surface area contributed by atoms with E-state index in [-0.39, 0.29) is 30.6 Å². The van der Waals surface area contributed by atoms with Crippen LogP contribution >= 0.6 is 11.8 Å². The standard InChI is InChI=1S/C8H8N4O2S/c1-15-8-10-4-9-7(11-8)12-3-5(13)2-6(12)14/h4H,2-3H2,1H3. The van der Waals surface area contributed by atoms with Gasteiger partial charge in [0.1, 0.15) is 6.33 Å². The van der Waals surface area contributed by atoms with Gasteiger partial charge in [-0.25, -0.2) is 9.97 Å². The van der Waals surface area contributed by atoms with Gasteiger partial charge in [0.05, 0.1) is 13.0 Å². The molecule has 2 heterocycles. The van der Waals surface area contributed by atoms with Gasteiger partial charge in [0, 0.05) is 0 Å². The molecule has 0 unspecified atom stereocenters. The van der Waals surface area contributed by atoms with Crippen LogP contribution in [0.2, 0.25) is 0 Å². The lowest BCUT2D eigenvalue weighted by atomic mass is 10.3. The van der Waals surface area contributed by atoms with E-state index in [4.69, 9.17) is 0 Å². The molecule has 0 spiro atoms. The molecule has 0 radical (unpaired) electrons. The van der Waals surface area contributed by atoms with Crippen molar-refractivity contribution in [3.63, 3.8) is 0 Å². The molecule has 0 saturated carbocycles. The highest BCUT2D eigenvalue weighted by Crippen LogP contribution is 2.16. The van der Waals surface area contributed by atoms with E-state index < -0.39 is 0 Å². The molecule has 0 N–H and O–H groups in total. The number of aromatic nitrogens is 3. The maximum atomic E-state index is 11.4. The molecule has 78 valence electrons. The molecule has 6 nitrogen and oxygen atoms in total. The molecule has 1 fully saturated rings. The molecule has 2 rings (SSSR count). The SMILES string of the molecule is CSc1ncnc(N2CC(=O)CC2=O)n1. The Balaban J connectivity index is 2.29. The smallest absolute Gasteiger partial charge is 0.237 e. The highest BCUT2D eigenvalue weighted by molar-refractivity contribution is 7.98. The Hall–Kier alpha value is -1.50. The van der Waals surface area contributed by atoms with Crippen LogP contribution in [0.25, 0.3) is 0 Å². The molecule has 1 aliphatic heterocycles. The number of hydrogen-bond donors (Lipinski definition) is 0. The highest BCUT2D eigenvalue weighted by atomic mass is 32.2. The topological polar surface area (TPSA) is 76.1 Å². The number of rotatable bonds is 2. The predicted molar refractivity (Wildman–Crippen MR) is 53.6 cm³/mol. The van der Waals surface area contributed by atoms with Crippen molar-refractivity contribution >= 4 is 29.4 Å². The summed E-state index contributed by atoms with van der Waals surface area (Å²) in [5.74, 6) is -0.102. The molecule has 1 saturated heterocycles. The Morgan fingerprint density at radius 2 is 2.20 bits per heavy atom. The molecule has 7 heteroatoms. The first-order chi connectivity index (χ1) is 7.20. The number of Topliss-reactive ketones (excluding diaryl/α,β-unsaturated/α-hetero) is 1. The van der Waals surface area contributed by atoms with Crippen LogP contribution in [0.5, 0.6) is 0 Å². The van der Waals surface area contributed by atoms with Gasteiger partial charge in [-0.1, -0.05) is 11.8 Å². The minimum absolute atomic E-state index is 0.0553. The van der Waals surface area contributed by atoms with E-state index in [1.165, 1.54) is 23.0 Å². The number of ketones is 1. The monoisotopic (exact) mass is 224 g/mol. The Morgan fingerprint density at radius 1 is 1.40 bits per heavy atom. The van der Waals surface area contributed by atoms with Crippen LogP contribution in [-0.2, 0) is 9.59 Å². The van der Waals surface area contributed by atoms with Gasteiger partial charge >= 0.3 is 0 Å². The maximum Gasteiger partial charge on any atom is 0.237 e. The Kier molecular flexibility index (Phi) is 2.63. The number of carbonyl (C=O) groups excluding carboxylic acids is 2. The fraction of sp³-hybridized carbons (Fsp3) is 0.375. The van der Waals surface area contributed by atoms with Crippen LogP contribution in [0.4, 0.5) is 5.95 Å². The molecule has 0 atom stereocenters. The van der Waals surface area contributed by atoms with Crippen LogP contribution in [0.15, 0.2) is 11.5 Å². The largest absolute Gasteiger partial charge is 0.297 e. The van der Waals surface area contributed by atoms with Crippen molar-refractivity contribution in [3.05, 3.63) is 6.33 Å². The summed E-state index contributed by atoms with van der Waals surface area (Å²) < 4.78 is 0. The van der Waals surface area contributed by atoms with Crippen molar-refractivity contribution in [2.24, 2.45) is 0 Å². The summed E-state index contributed by atoms with van der Waals surface area (Å²) in [5, 5.41) is 0.534. The average molecular weight is 224 g/mol. The number of anilines is 1. The minimum atomic E-state index is -0.252. The third-order valence-electron chi connectivity index (χ3n) is 1.94. The van der Waals surface area contributed by atoms with Gasteiger partial charge in [0.15, 0.2) is 10.9 Å². The van der Waals surface area contributed by atoms with Crippen molar-refractivity contribution in [3.8, 4) is 0 Å². The number of nitrogens with zero attached hydrogens (tertiary/aromatic N) is 4. The van der Waals surface area contributed by atoms with Crippen LogP contribution in [-0.4, -0.2) is 39.4 Å². The van der Waals surface area contributed by atoms with Gasteiger partial charge < -0.3 is 0 Å². The van der Waals surface area contributed by atoms with Crippen molar-refractivity contribution in [2.75, 3.05) is 17.7 Å². The summed E-state index contributed by atoms with van der Waals surface area (Å²) in [4.78, 5) is 35.5. The summed E-state index contributed by atoms with van der Waals surface area (Å²) in [6.45, 7) is 0.0661. The maximum absolute atomic E-state index is 11.4. The van der Waals surface area contributed by atoms with Crippen molar-refractivity contribution in [1.29, 1.82) is 0 Å². The molecule has 15 heavy (non-hydrogen) atoms. The fourth-order valence-electron chi connectivity index (χ4n) is 1.27. The van der Waals surface area contributed by atoms with E-state index in [0.717, 1.165) is 0 Å². The molecule has 0 aromatic carbocycles. The van der Waals surface area contributed by atoms with Gasteiger partial charge in [0.25, 0.3) is 0 Å². The van der Waals surface area contributed by atoms with E-state index in [1.54, 1.807) is 0 Å². The second-order valence-electron chi connectivity index (χ2n) is 2.97. The van der Waals surface area contributed by atoms with E-state index in [1.807, 2.05) is 6.26 Å². The molecule has 1 aliphatic rings. The molecular formula is C8H8N4O2S. The first-order valence-corrected chi connectivity index (χ1v) is 5.48. The second-order valence-corrected chi connectivity index (χ2v) is 3.74. The predicted octanol–water partition coefficient (Wildman–Crippen LogP) is -0.101. The number of amides is 1. The molecule has 1 aromatic heterocycles. The lowest BCUT2D eigenvalue weighted by molar-refractivity contribution is -0.121. The highest BCUT2D eigenvalue weighted by Gasteiger charge is 2.30. The van der Waals surface area contributed by atoms with Crippen molar-refractivity contribution in [1.82, 2.24) is 15.0 Å². The zero-order valence-corrected chi connectivity index (χ0v) is 8.82. The first-order valence-electron chi connectivity index (χ1n) is 4.26. The number of hydrogen-bond acceptors (Lipinski definition) is 6. The van der Waals surface area contributed by atoms with Crippen LogP contribution in [0, 0.1) is 0 Å². The van der Waals surface area contributed by atoms with E-state index in [0.29, 0.717) is 5.16 Å². The summed E-state index contributed by atoms with van der Waals surface area (Å²) in [6, 6.07) is 0. The van der Waals surface area contributed by atoms with Gasteiger partial charge in [-0.05, 0) is 6.26 Å². The van der Waals surface area contributed by atoms with Gasteiger partial charge in [-0.3, -0.25) is 14.5 Å². The van der Waals surface area contributed by atoms with Gasteiger partial charge in [0.2, 0.25) is 11.9 Å². The summed E-state index contributed by atoms with van der Waals surface area (Å²) >= 11 is 1.36. The minimum Gasteiger partial charge on any atom is -0.297 e. The third kappa shape index (κ3) is 1.96. The van der Waals surface area contributed by atoms with Crippen molar-refractivity contribution in [2.45, 2.75) is 11.6 Å². The second kappa shape index (κ2) is 3.93. The fourth-order valence-corrected chi connectivity index (χ4v) is 1.59. The Morgan fingerprint density at radius 3 is 2.80 bits per heavy atom. The van der Waals surface area contributed by atoms with Gasteiger partial charge in [-0.15, -0.1) is 0 Å². The number of thioether (sulfide) groups is 1. The number of carbonyl (C=O) groups is 2. The molecular weight excluding hydrogens is 216 g/mol. The summed E-state index contributed by atoms with van der Waals surface area (Å²) in [6.07, 6.45) is 3.11. The van der Waals surface area contributed by atoms with E-state index in [9.17, 15) is 9.59 Å². The average Bonchev–Trinajstić information content (AvgIpc) is 2.58. The Labute approximate surface area is 90.1 Å². The van der Waals surface area contributed by atoms with Crippen LogP contribution in [0.1, 0.15) is 6.42 Å². The lowest BCUT2D eigenvalue weighted by Gasteiger charge is -2.11. The zero-order valence-electron chi connectivity index (χ0n) is 8.01. The molecule has 0 bridgehead atoms. The molecule has 1 aromatic rings. The van der Waals surface area contributed by atoms with Crippen LogP contribution in [0.3, 0.4) is 0 Å². The summed E-state index contributed by atoms with van der Waals surface area (Å²) in [5.41, 5.74) is 0. The zero-order chi connectivity index (χ0) is 10.8. The van der Waals surface area contributed by atoms with E-state index >= 15 is 0 Å². The molecule has 1 amide bonds. The summed E-state index contributed by atoms with van der Waals surface area (Å²) in [7, 11) is 0. The van der Waals surface area contributed by atoms with Crippen molar-refractivity contribution < 1.29 is 9.59 Å². The van der Waals surface area contributed by atoms with Crippen LogP contribution < -0.4 is 4.90 Å².